The van der Waals surface area contributed by atoms with Crippen molar-refractivity contribution in [2.24, 2.45) is 0 Å². The summed E-state index contributed by atoms with van der Waals surface area (Å²) in [6, 6.07) is 0. The highest BCUT2D eigenvalue weighted by molar-refractivity contribution is 6.66. The van der Waals surface area contributed by atoms with Gasteiger partial charge in [0.2, 0.25) is 0 Å². The zero-order valence-electron chi connectivity index (χ0n) is 5.44. The Bertz CT molecular complexity index is 43.3. The molecule has 1 atom stereocenters. The molecule has 0 aliphatic rings. The molecule has 0 aromatic heterocycles. The van der Waals surface area contributed by atoms with Crippen LogP contribution < -0.4 is 0 Å². The van der Waals surface area contributed by atoms with E-state index in [1.165, 1.54) is 6.32 Å². The van der Waals surface area contributed by atoms with E-state index >= 15 is 0 Å². The van der Waals surface area contributed by atoms with Crippen molar-refractivity contribution < 1.29 is 0 Å². The third kappa shape index (κ3) is 2.78. The van der Waals surface area contributed by atoms with Gasteiger partial charge in [0.25, 0.3) is 0 Å². The lowest BCUT2D eigenvalue weighted by molar-refractivity contribution is 1.24. The Morgan fingerprint density at radius 2 is 2.14 bits per heavy atom. The first-order valence-electron chi connectivity index (χ1n) is 2.94. The minimum atomic E-state index is 0.366. The molecule has 0 aromatic carbocycles. The smallest absolute Gasteiger partial charge is 0.0996 e. The minimum absolute atomic E-state index is 0.366. The summed E-state index contributed by atoms with van der Waals surface area (Å²) >= 11 is 0. The van der Waals surface area contributed by atoms with Crippen molar-refractivity contribution in [2.75, 3.05) is 0 Å². The summed E-state index contributed by atoms with van der Waals surface area (Å²) in [5.41, 5.74) is 0.366. The number of hydrogen-bond donors (Lipinski definition) is 0. The molecular formula is C5H12B2. The zero-order chi connectivity index (χ0) is 5.86. The summed E-state index contributed by atoms with van der Waals surface area (Å²) in [5.74, 6) is 0. The average Bonchev–Trinajstić information content (AvgIpc) is 1.65. The molecule has 0 rings (SSSR count). The Kier molecular flexibility index (Phi) is 3.23. The fourth-order valence-electron chi connectivity index (χ4n) is 0.372. The maximum Gasteiger partial charge on any atom is 0.130 e. The van der Waals surface area contributed by atoms with Gasteiger partial charge in [0.15, 0.2) is 0 Å². The van der Waals surface area contributed by atoms with Crippen LogP contribution in [-0.2, 0) is 0 Å². The Hall–Kier alpha value is 0.130. The van der Waals surface area contributed by atoms with Crippen LogP contribution in [-0.4, -0.2) is 14.6 Å². The van der Waals surface area contributed by atoms with Crippen LogP contribution in [0.15, 0.2) is 0 Å². The summed E-state index contributed by atoms with van der Waals surface area (Å²) in [5, 5.41) is 0. The highest BCUT2D eigenvalue weighted by atomic mass is 13.7. The molecule has 2 heteroatoms. The van der Waals surface area contributed by atoms with Gasteiger partial charge in [-0.2, -0.15) is 0 Å². The van der Waals surface area contributed by atoms with Crippen LogP contribution in [0.1, 0.15) is 13.8 Å². The molecule has 0 N–H and O–H groups in total. The molecule has 2 radical (unpaired) electrons. The van der Waals surface area contributed by atoms with Gasteiger partial charge < -0.3 is 0 Å². The second-order valence-corrected chi connectivity index (χ2v) is 2.24. The maximum atomic E-state index is 5.55. The molecule has 0 aromatic rings. The molecule has 1 unspecified atom stereocenters. The molecule has 0 heterocycles. The van der Waals surface area contributed by atoms with Gasteiger partial charge in [0, 0.05) is 0 Å². The van der Waals surface area contributed by atoms with Gasteiger partial charge in [-0.3, -0.25) is 0 Å². The zero-order valence-corrected chi connectivity index (χ0v) is 5.44. The van der Waals surface area contributed by atoms with E-state index in [-0.39, 0.29) is 0 Å². The Morgan fingerprint density at radius 3 is 2.14 bits per heavy atom. The lowest BCUT2D eigenvalue weighted by Crippen LogP contribution is -2.11. The Morgan fingerprint density at radius 1 is 1.71 bits per heavy atom. The first-order chi connectivity index (χ1) is 3.18. The molecule has 0 spiro atoms. The van der Waals surface area contributed by atoms with Crippen LogP contribution in [0, 0.1) is 0 Å². The maximum absolute atomic E-state index is 5.55. The second-order valence-electron chi connectivity index (χ2n) is 2.24. The van der Waals surface area contributed by atoms with Crippen LogP contribution in [0.5, 0.6) is 0 Å². The standard InChI is InChI=1S/C5H12B2/c1-4-7(3)5(2)6/h5H,4H2,1-3H3. The summed E-state index contributed by atoms with van der Waals surface area (Å²) in [6.07, 6.45) is 1.19. The highest BCUT2D eigenvalue weighted by Crippen LogP contribution is 2.05. The molecule has 7 heavy (non-hydrogen) atoms. The van der Waals surface area contributed by atoms with E-state index in [0.29, 0.717) is 12.4 Å². The largest absolute Gasteiger partial charge is 0.130 e. The van der Waals surface area contributed by atoms with Crippen molar-refractivity contribution in [1.82, 2.24) is 0 Å². The molecule has 0 fully saturated rings. The van der Waals surface area contributed by atoms with E-state index in [0.717, 1.165) is 0 Å². The van der Waals surface area contributed by atoms with Gasteiger partial charge in [0.1, 0.15) is 6.71 Å². The first-order valence-corrected chi connectivity index (χ1v) is 2.94. The van der Waals surface area contributed by atoms with Gasteiger partial charge in [-0.1, -0.05) is 32.7 Å². The Balaban J connectivity index is 3.14. The van der Waals surface area contributed by atoms with Crippen LogP contribution in [0.4, 0.5) is 0 Å². The molecule has 0 nitrogen and oxygen atoms in total. The lowest BCUT2D eigenvalue weighted by Gasteiger charge is -2.06. The van der Waals surface area contributed by atoms with Crippen LogP contribution >= 0.6 is 0 Å². The topological polar surface area (TPSA) is 0 Å². The summed E-state index contributed by atoms with van der Waals surface area (Å²) in [4.78, 5) is 0. The van der Waals surface area contributed by atoms with E-state index in [2.05, 4.69) is 13.7 Å². The van der Waals surface area contributed by atoms with Crippen molar-refractivity contribution in [3.63, 3.8) is 0 Å². The van der Waals surface area contributed by atoms with Crippen molar-refractivity contribution >= 4 is 14.6 Å². The normalized spacial score (nSPS) is 13.6. The molecule has 38 valence electrons. The van der Waals surface area contributed by atoms with Crippen LogP contribution in [0.25, 0.3) is 0 Å². The van der Waals surface area contributed by atoms with Crippen LogP contribution in [0.2, 0.25) is 18.9 Å². The van der Waals surface area contributed by atoms with Gasteiger partial charge in [-0.25, -0.2) is 0 Å². The van der Waals surface area contributed by atoms with E-state index < -0.39 is 0 Å². The third-order valence-electron chi connectivity index (χ3n) is 1.54. The van der Waals surface area contributed by atoms with Gasteiger partial charge in [0.05, 0.1) is 7.85 Å². The fourth-order valence-corrected chi connectivity index (χ4v) is 0.372. The van der Waals surface area contributed by atoms with Crippen molar-refractivity contribution in [1.29, 1.82) is 0 Å². The van der Waals surface area contributed by atoms with E-state index in [9.17, 15) is 0 Å². The SMILES string of the molecule is [B]C(C)B(C)CC. The van der Waals surface area contributed by atoms with Gasteiger partial charge >= 0.3 is 0 Å². The third-order valence-corrected chi connectivity index (χ3v) is 1.54. The number of hydrogen-bond acceptors (Lipinski definition) is 0. The molecule has 0 saturated carbocycles. The van der Waals surface area contributed by atoms with Gasteiger partial charge in [-0.05, 0) is 0 Å². The summed E-state index contributed by atoms with van der Waals surface area (Å²) in [7, 11) is 5.55. The second kappa shape index (κ2) is 3.17. The molecule has 0 saturated heterocycles. The van der Waals surface area contributed by atoms with E-state index in [1.54, 1.807) is 0 Å². The Labute approximate surface area is 48.2 Å². The molecule has 0 aliphatic carbocycles. The molecular weight excluding hydrogens is 81.7 g/mol. The lowest BCUT2D eigenvalue weighted by atomic mass is 9.36. The number of rotatable bonds is 2. The van der Waals surface area contributed by atoms with Crippen molar-refractivity contribution in [3.05, 3.63) is 0 Å². The van der Waals surface area contributed by atoms with E-state index in [4.69, 9.17) is 7.85 Å². The van der Waals surface area contributed by atoms with E-state index in [1.807, 2.05) is 6.92 Å². The molecule has 0 aliphatic heterocycles. The summed E-state index contributed by atoms with van der Waals surface area (Å²) < 4.78 is 0. The molecule has 0 bridgehead atoms. The summed E-state index contributed by atoms with van der Waals surface area (Å²) in [6.45, 7) is 7.06. The fraction of sp³-hybridized carbons (Fsp3) is 1.00. The molecule has 0 amide bonds. The minimum Gasteiger partial charge on any atom is -0.0996 e. The van der Waals surface area contributed by atoms with Gasteiger partial charge in [-0.15, -0.1) is 0 Å². The monoisotopic (exact) mass is 94.1 g/mol. The predicted molar refractivity (Wildman–Crippen MR) is 37.3 cm³/mol. The first kappa shape index (κ1) is 7.13. The van der Waals surface area contributed by atoms with Crippen LogP contribution in [0.3, 0.4) is 0 Å². The van der Waals surface area contributed by atoms with Crippen molar-refractivity contribution in [2.45, 2.75) is 32.7 Å². The predicted octanol–water partition coefficient (Wildman–Crippen LogP) is 1.65. The highest BCUT2D eigenvalue weighted by Gasteiger charge is 2.05. The quantitative estimate of drug-likeness (QED) is 0.456. The average molecular weight is 93.8 g/mol. The van der Waals surface area contributed by atoms with Crippen molar-refractivity contribution in [3.8, 4) is 0 Å².